The summed E-state index contributed by atoms with van der Waals surface area (Å²) in [6, 6.07) is 7.65. The van der Waals surface area contributed by atoms with Crippen molar-refractivity contribution in [1.82, 2.24) is 24.4 Å². The number of hydrogen-bond donors (Lipinski definition) is 1. The number of alkyl halides is 2. The molecular formula is C25H30F2N6O3SSi. The molecule has 4 aromatic rings. The number of fused-ring (bicyclic) bond motifs is 1. The predicted octanol–water partition coefficient (Wildman–Crippen LogP) is 5.87. The zero-order valence-electron chi connectivity index (χ0n) is 21.6. The van der Waals surface area contributed by atoms with Gasteiger partial charge in [-0.2, -0.15) is 19.0 Å². The summed E-state index contributed by atoms with van der Waals surface area (Å²) in [7, 11) is -1.32. The van der Waals surface area contributed by atoms with Gasteiger partial charge in [0.2, 0.25) is 0 Å². The summed E-state index contributed by atoms with van der Waals surface area (Å²) in [5, 5.41) is 11.4. The fourth-order valence-electron chi connectivity index (χ4n) is 3.71. The van der Waals surface area contributed by atoms with E-state index in [1.165, 1.54) is 23.0 Å². The van der Waals surface area contributed by atoms with E-state index in [1.54, 1.807) is 47.0 Å². The molecule has 3 aromatic heterocycles. The van der Waals surface area contributed by atoms with E-state index in [1.807, 2.05) is 6.92 Å². The molecule has 0 saturated carbocycles. The number of benzene rings is 1. The van der Waals surface area contributed by atoms with Gasteiger partial charge >= 0.3 is 6.61 Å². The lowest BCUT2D eigenvalue weighted by Gasteiger charge is -2.18. The molecule has 13 heteroatoms. The molecule has 0 bridgehead atoms. The molecule has 0 unspecified atom stereocenters. The number of halogens is 2. The summed E-state index contributed by atoms with van der Waals surface area (Å²) in [6.07, 6.45) is 6.15. The normalized spacial score (nSPS) is 11.9. The molecule has 1 N–H and O–H groups in total. The summed E-state index contributed by atoms with van der Waals surface area (Å²) < 4.78 is 40.5. The lowest BCUT2D eigenvalue weighted by atomic mass is 10.1. The maximum atomic E-state index is 13.3. The van der Waals surface area contributed by atoms with Gasteiger partial charge in [-0.25, -0.2) is 14.2 Å². The van der Waals surface area contributed by atoms with Gasteiger partial charge in [0.15, 0.2) is 5.65 Å². The van der Waals surface area contributed by atoms with Crippen LogP contribution in [0.4, 0.5) is 14.5 Å². The average Bonchev–Trinajstić information content (AvgIpc) is 3.46. The molecular weight excluding hydrogens is 530 g/mol. The van der Waals surface area contributed by atoms with Crippen LogP contribution in [0.5, 0.6) is 5.75 Å². The lowest BCUT2D eigenvalue weighted by molar-refractivity contribution is -0.0495. The average molecular weight is 561 g/mol. The van der Waals surface area contributed by atoms with Crippen LogP contribution in [0.15, 0.2) is 53.9 Å². The number of hydrogen-bond acceptors (Lipinski definition) is 7. The minimum atomic E-state index is -3.02. The van der Waals surface area contributed by atoms with Gasteiger partial charge in [0, 0.05) is 37.5 Å². The number of rotatable bonds is 12. The summed E-state index contributed by atoms with van der Waals surface area (Å²) in [5.41, 5.74) is 1.72. The van der Waals surface area contributed by atoms with Gasteiger partial charge < -0.3 is 14.8 Å². The fourth-order valence-corrected chi connectivity index (χ4v) is 5.17. The first kappa shape index (κ1) is 27.7. The Morgan fingerprint density at radius 2 is 2.03 bits per heavy atom. The third kappa shape index (κ3) is 6.77. The standard InChI is InChI=1S/C25H30F2N6O3SSi/c1-5-37-17-7-8-21(36-25(26)27)18(13-17)22-20(15-30-33(22)16-35-11-12-38(2,3)4)31-24(34)19-14-29-32-10-6-9-28-23(19)32/h6-10,13-15,25H,5,11-12,16H2,1-4H3,(H,31,34). The smallest absolute Gasteiger partial charge is 0.387 e. The second-order valence-corrected chi connectivity index (χ2v) is 16.6. The molecule has 9 nitrogen and oxygen atoms in total. The number of anilines is 1. The molecule has 4 rings (SSSR count). The van der Waals surface area contributed by atoms with Crippen molar-refractivity contribution in [2.24, 2.45) is 0 Å². The Balaban J connectivity index is 1.73. The molecule has 0 fully saturated rings. The van der Waals surface area contributed by atoms with E-state index in [0.29, 0.717) is 29.2 Å². The molecule has 0 aliphatic rings. The van der Waals surface area contributed by atoms with E-state index in [-0.39, 0.29) is 18.0 Å². The number of thioether (sulfide) groups is 1. The van der Waals surface area contributed by atoms with Crippen LogP contribution in [0, 0.1) is 0 Å². The first-order chi connectivity index (χ1) is 18.2. The van der Waals surface area contributed by atoms with Gasteiger partial charge in [-0.1, -0.05) is 26.6 Å². The molecule has 0 radical (unpaired) electrons. The number of amides is 1. The molecule has 202 valence electrons. The largest absolute Gasteiger partial charge is 0.434 e. The van der Waals surface area contributed by atoms with E-state index in [2.05, 4.69) is 40.1 Å². The molecule has 1 aromatic carbocycles. The maximum Gasteiger partial charge on any atom is 0.387 e. The SMILES string of the molecule is CCSc1ccc(OC(F)F)c(-c2c(NC(=O)c3cnn4cccnc34)cnn2COCC[Si](C)(C)C)c1. The number of carbonyl (C=O) groups is 1. The highest BCUT2D eigenvalue weighted by molar-refractivity contribution is 7.99. The van der Waals surface area contributed by atoms with Gasteiger partial charge in [-0.05, 0) is 36.1 Å². The van der Waals surface area contributed by atoms with Crippen molar-refractivity contribution in [3.8, 4) is 17.0 Å². The molecule has 0 spiro atoms. The van der Waals surface area contributed by atoms with Crippen LogP contribution in [0.2, 0.25) is 25.7 Å². The molecule has 0 saturated heterocycles. The van der Waals surface area contributed by atoms with Crippen molar-refractivity contribution in [3.63, 3.8) is 0 Å². The molecule has 1 amide bonds. The summed E-state index contributed by atoms with van der Waals surface area (Å²) in [4.78, 5) is 18.4. The number of nitrogens with one attached hydrogen (secondary N) is 1. The monoisotopic (exact) mass is 560 g/mol. The first-order valence-electron chi connectivity index (χ1n) is 12.1. The molecule has 3 heterocycles. The topological polar surface area (TPSA) is 95.6 Å². The molecule has 0 atom stereocenters. The maximum absolute atomic E-state index is 13.3. The van der Waals surface area contributed by atoms with Crippen LogP contribution in [0.1, 0.15) is 17.3 Å². The van der Waals surface area contributed by atoms with Gasteiger partial charge in [0.1, 0.15) is 18.0 Å². The number of aromatic nitrogens is 5. The minimum Gasteiger partial charge on any atom is -0.434 e. The Kier molecular flexibility index (Phi) is 8.79. The zero-order valence-corrected chi connectivity index (χ0v) is 23.5. The van der Waals surface area contributed by atoms with Crippen LogP contribution in [0.3, 0.4) is 0 Å². The second kappa shape index (κ2) is 12.0. The van der Waals surface area contributed by atoms with Crippen molar-refractivity contribution in [2.45, 2.75) is 50.8 Å². The van der Waals surface area contributed by atoms with E-state index in [0.717, 1.165) is 16.7 Å². The van der Waals surface area contributed by atoms with Crippen molar-refractivity contribution in [2.75, 3.05) is 17.7 Å². The lowest BCUT2D eigenvalue weighted by Crippen LogP contribution is -2.22. The molecule has 38 heavy (non-hydrogen) atoms. The Labute approximate surface area is 224 Å². The Morgan fingerprint density at radius 1 is 1.21 bits per heavy atom. The predicted molar refractivity (Wildman–Crippen MR) is 146 cm³/mol. The van der Waals surface area contributed by atoms with Crippen LogP contribution in [0.25, 0.3) is 16.9 Å². The Morgan fingerprint density at radius 3 is 2.76 bits per heavy atom. The quantitative estimate of drug-likeness (QED) is 0.132. The summed E-state index contributed by atoms with van der Waals surface area (Å²) in [6.45, 7) is 6.35. The third-order valence-electron chi connectivity index (χ3n) is 5.55. The zero-order chi connectivity index (χ0) is 27.3. The van der Waals surface area contributed by atoms with Crippen molar-refractivity contribution >= 4 is 37.1 Å². The number of carbonyl (C=O) groups excluding carboxylic acids is 1. The van der Waals surface area contributed by atoms with Crippen molar-refractivity contribution < 1.29 is 23.0 Å². The molecule has 0 aliphatic heterocycles. The van der Waals surface area contributed by atoms with Gasteiger partial charge in [-0.15, -0.1) is 11.8 Å². The van der Waals surface area contributed by atoms with Crippen LogP contribution < -0.4 is 10.1 Å². The summed E-state index contributed by atoms with van der Waals surface area (Å²) in [5.74, 6) is 0.297. The highest BCUT2D eigenvalue weighted by Crippen LogP contribution is 2.39. The Hall–Kier alpha value is -3.29. The van der Waals surface area contributed by atoms with Gasteiger partial charge in [0.25, 0.3) is 5.91 Å². The molecule has 0 aliphatic carbocycles. The third-order valence-corrected chi connectivity index (χ3v) is 8.13. The number of nitrogens with zero attached hydrogens (tertiary/aromatic N) is 5. The number of ether oxygens (including phenoxy) is 2. The van der Waals surface area contributed by atoms with Crippen molar-refractivity contribution in [1.29, 1.82) is 0 Å². The second-order valence-electron chi connectivity index (χ2n) is 9.62. The first-order valence-corrected chi connectivity index (χ1v) is 16.8. The van der Waals surface area contributed by atoms with E-state index < -0.39 is 20.6 Å². The summed E-state index contributed by atoms with van der Waals surface area (Å²) >= 11 is 1.56. The highest BCUT2D eigenvalue weighted by atomic mass is 32.2. The highest BCUT2D eigenvalue weighted by Gasteiger charge is 2.23. The van der Waals surface area contributed by atoms with Gasteiger partial charge in [0.05, 0.1) is 23.8 Å². The van der Waals surface area contributed by atoms with Crippen molar-refractivity contribution in [3.05, 3.63) is 54.6 Å². The van der Waals surface area contributed by atoms with Crippen LogP contribution in [-0.2, 0) is 11.5 Å². The van der Waals surface area contributed by atoms with E-state index in [9.17, 15) is 13.6 Å². The minimum absolute atomic E-state index is 0.0301. The Bertz CT molecular complexity index is 1410. The fraction of sp³-hybridized carbons (Fsp3) is 0.360. The van der Waals surface area contributed by atoms with Crippen LogP contribution >= 0.6 is 11.8 Å². The van der Waals surface area contributed by atoms with Gasteiger partial charge in [-0.3, -0.25) is 4.79 Å². The van der Waals surface area contributed by atoms with E-state index in [4.69, 9.17) is 9.47 Å². The van der Waals surface area contributed by atoms with E-state index >= 15 is 0 Å². The van der Waals surface area contributed by atoms with Crippen LogP contribution in [-0.4, -0.2) is 57.3 Å².